The van der Waals surface area contributed by atoms with Crippen LogP contribution in [0.15, 0.2) is 24.3 Å². The second-order valence-electron chi connectivity index (χ2n) is 4.81. The average Bonchev–Trinajstić information content (AvgIpc) is 2.50. The van der Waals surface area contributed by atoms with Gasteiger partial charge in [-0.15, -0.1) is 0 Å². The van der Waals surface area contributed by atoms with Crippen LogP contribution in [0.4, 0.5) is 0 Å². The SMILES string of the molecule is CCN(CC(C)C#N)C(=O)CCc1ccc(OC)cc1. The summed E-state index contributed by atoms with van der Waals surface area (Å²) in [6, 6.07) is 9.90. The van der Waals surface area contributed by atoms with Gasteiger partial charge in [-0.25, -0.2) is 0 Å². The Bertz CT molecular complexity index is 462. The zero-order valence-corrected chi connectivity index (χ0v) is 12.4. The van der Waals surface area contributed by atoms with Gasteiger partial charge in [0.05, 0.1) is 19.1 Å². The summed E-state index contributed by atoms with van der Waals surface area (Å²) < 4.78 is 5.10. The summed E-state index contributed by atoms with van der Waals surface area (Å²) in [6.07, 6.45) is 1.18. The molecule has 0 aromatic heterocycles. The molecule has 0 aliphatic carbocycles. The summed E-state index contributed by atoms with van der Waals surface area (Å²) in [5.41, 5.74) is 1.11. The van der Waals surface area contributed by atoms with Crippen LogP contribution in [-0.2, 0) is 11.2 Å². The quantitative estimate of drug-likeness (QED) is 0.768. The zero-order valence-electron chi connectivity index (χ0n) is 12.4. The number of amides is 1. The number of aryl methyl sites for hydroxylation is 1. The highest BCUT2D eigenvalue weighted by Gasteiger charge is 2.14. The number of methoxy groups -OCH3 is 1. The predicted molar refractivity (Wildman–Crippen MR) is 78.3 cm³/mol. The summed E-state index contributed by atoms with van der Waals surface area (Å²) in [6.45, 7) is 4.93. The van der Waals surface area contributed by atoms with Crippen molar-refractivity contribution < 1.29 is 9.53 Å². The molecule has 0 aliphatic rings. The molecule has 0 heterocycles. The molecule has 0 saturated heterocycles. The molecule has 1 rings (SSSR count). The number of ether oxygens (including phenoxy) is 1. The van der Waals surface area contributed by atoms with Gasteiger partial charge in [0.2, 0.25) is 5.91 Å². The van der Waals surface area contributed by atoms with E-state index in [-0.39, 0.29) is 11.8 Å². The van der Waals surface area contributed by atoms with E-state index in [1.165, 1.54) is 0 Å². The van der Waals surface area contributed by atoms with Crippen molar-refractivity contribution in [3.8, 4) is 11.8 Å². The van der Waals surface area contributed by atoms with E-state index in [0.29, 0.717) is 25.9 Å². The Morgan fingerprint density at radius 1 is 1.40 bits per heavy atom. The molecule has 0 aliphatic heterocycles. The highest BCUT2D eigenvalue weighted by Crippen LogP contribution is 2.13. The van der Waals surface area contributed by atoms with E-state index in [2.05, 4.69) is 6.07 Å². The highest BCUT2D eigenvalue weighted by molar-refractivity contribution is 5.76. The average molecular weight is 274 g/mol. The normalized spacial score (nSPS) is 11.5. The summed E-state index contributed by atoms with van der Waals surface area (Å²) in [5, 5.41) is 8.82. The minimum atomic E-state index is -0.125. The van der Waals surface area contributed by atoms with Gasteiger partial charge >= 0.3 is 0 Å². The van der Waals surface area contributed by atoms with E-state index >= 15 is 0 Å². The van der Waals surface area contributed by atoms with Gasteiger partial charge in [0, 0.05) is 19.5 Å². The van der Waals surface area contributed by atoms with Gasteiger partial charge in [0.15, 0.2) is 0 Å². The Balaban J connectivity index is 2.50. The largest absolute Gasteiger partial charge is 0.497 e. The van der Waals surface area contributed by atoms with Crippen molar-refractivity contribution >= 4 is 5.91 Å². The topological polar surface area (TPSA) is 53.3 Å². The van der Waals surface area contributed by atoms with E-state index in [4.69, 9.17) is 10.00 Å². The maximum absolute atomic E-state index is 12.1. The van der Waals surface area contributed by atoms with Crippen molar-refractivity contribution in [1.29, 1.82) is 5.26 Å². The molecule has 108 valence electrons. The highest BCUT2D eigenvalue weighted by atomic mass is 16.5. The summed E-state index contributed by atoms with van der Waals surface area (Å²) in [4.78, 5) is 13.9. The third-order valence-electron chi connectivity index (χ3n) is 3.24. The second kappa shape index (κ2) is 8.21. The van der Waals surface area contributed by atoms with E-state index in [1.807, 2.05) is 38.1 Å². The van der Waals surface area contributed by atoms with E-state index < -0.39 is 0 Å². The van der Waals surface area contributed by atoms with Crippen LogP contribution in [0.2, 0.25) is 0 Å². The number of carbonyl (C=O) groups excluding carboxylic acids is 1. The molecule has 0 fully saturated rings. The Morgan fingerprint density at radius 2 is 2.05 bits per heavy atom. The van der Waals surface area contributed by atoms with Crippen molar-refractivity contribution in [3.05, 3.63) is 29.8 Å². The van der Waals surface area contributed by atoms with Crippen molar-refractivity contribution in [2.75, 3.05) is 20.2 Å². The van der Waals surface area contributed by atoms with Crippen LogP contribution in [0.5, 0.6) is 5.75 Å². The van der Waals surface area contributed by atoms with Crippen molar-refractivity contribution in [3.63, 3.8) is 0 Å². The van der Waals surface area contributed by atoms with Crippen molar-refractivity contribution in [2.45, 2.75) is 26.7 Å². The van der Waals surface area contributed by atoms with E-state index in [9.17, 15) is 4.79 Å². The van der Waals surface area contributed by atoms with E-state index in [1.54, 1.807) is 12.0 Å². The van der Waals surface area contributed by atoms with Crippen LogP contribution in [0, 0.1) is 17.2 Å². The summed E-state index contributed by atoms with van der Waals surface area (Å²) >= 11 is 0. The first-order valence-corrected chi connectivity index (χ1v) is 6.91. The number of nitrogens with zero attached hydrogens (tertiary/aromatic N) is 2. The van der Waals surface area contributed by atoms with Gasteiger partial charge in [0.25, 0.3) is 0 Å². The number of rotatable bonds is 7. The molecule has 0 saturated carbocycles. The lowest BCUT2D eigenvalue weighted by Gasteiger charge is -2.22. The molecule has 1 aromatic carbocycles. The Labute approximate surface area is 121 Å². The second-order valence-corrected chi connectivity index (χ2v) is 4.81. The molecule has 0 radical (unpaired) electrons. The molecule has 0 bridgehead atoms. The van der Waals surface area contributed by atoms with Crippen LogP contribution in [0.3, 0.4) is 0 Å². The maximum Gasteiger partial charge on any atom is 0.222 e. The molecule has 0 N–H and O–H groups in total. The molecule has 4 nitrogen and oxygen atoms in total. The molecular formula is C16H22N2O2. The number of hydrogen-bond acceptors (Lipinski definition) is 3. The lowest BCUT2D eigenvalue weighted by atomic mass is 10.1. The lowest BCUT2D eigenvalue weighted by Crippen LogP contribution is -2.34. The van der Waals surface area contributed by atoms with Gasteiger partial charge < -0.3 is 9.64 Å². The molecular weight excluding hydrogens is 252 g/mol. The smallest absolute Gasteiger partial charge is 0.222 e. The van der Waals surface area contributed by atoms with Gasteiger partial charge in [-0.05, 0) is 38.0 Å². The maximum atomic E-state index is 12.1. The minimum absolute atomic E-state index is 0.102. The monoisotopic (exact) mass is 274 g/mol. The van der Waals surface area contributed by atoms with Crippen LogP contribution >= 0.6 is 0 Å². The number of benzene rings is 1. The third kappa shape index (κ3) is 4.93. The fraction of sp³-hybridized carbons (Fsp3) is 0.500. The fourth-order valence-corrected chi connectivity index (χ4v) is 1.98. The van der Waals surface area contributed by atoms with Gasteiger partial charge in [-0.2, -0.15) is 5.26 Å². The standard InChI is InChI=1S/C16H22N2O2/c1-4-18(12-13(2)11-17)16(19)10-7-14-5-8-15(20-3)9-6-14/h5-6,8-9,13H,4,7,10,12H2,1-3H3. The van der Waals surface area contributed by atoms with Crippen LogP contribution in [0.25, 0.3) is 0 Å². The first kappa shape index (κ1) is 16.0. The zero-order chi connectivity index (χ0) is 15.0. The molecule has 4 heteroatoms. The van der Waals surface area contributed by atoms with Gasteiger partial charge in [0.1, 0.15) is 5.75 Å². The number of hydrogen-bond donors (Lipinski definition) is 0. The van der Waals surface area contributed by atoms with Gasteiger partial charge in [-0.1, -0.05) is 12.1 Å². The molecule has 1 atom stereocenters. The molecule has 20 heavy (non-hydrogen) atoms. The number of carbonyl (C=O) groups is 1. The Kier molecular flexibility index (Phi) is 6.58. The fourth-order valence-electron chi connectivity index (χ4n) is 1.98. The van der Waals surface area contributed by atoms with Crippen molar-refractivity contribution in [1.82, 2.24) is 4.90 Å². The molecule has 1 aromatic rings. The Hall–Kier alpha value is -2.02. The van der Waals surface area contributed by atoms with Crippen LogP contribution in [-0.4, -0.2) is 31.0 Å². The van der Waals surface area contributed by atoms with Crippen molar-refractivity contribution in [2.24, 2.45) is 5.92 Å². The van der Waals surface area contributed by atoms with Gasteiger partial charge in [-0.3, -0.25) is 4.79 Å². The molecule has 1 amide bonds. The first-order valence-electron chi connectivity index (χ1n) is 6.91. The minimum Gasteiger partial charge on any atom is -0.497 e. The van der Waals surface area contributed by atoms with Crippen LogP contribution in [0.1, 0.15) is 25.8 Å². The summed E-state index contributed by atoms with van der Waals surface area (Å²) in [7, 11) is 1.63. The molecule has 0 spiro atoms. The number of nitriles is 1. The first-order chi connectivity index (χ1) is 9.60. The predicted octanol–water partition coefficient (Wildman–Crippen LogP) is 2.64. The van der Waals surface area contributed by atoms with E-state index in [0.717, 1.165) is 11.3 Å². The Morgan fingerprint density at radius 3 is 2.55 bits per heavy atom. The third-order valence-corrected chi connectivity index (χ3v) is 3.24. The lowest BCUT2D eigenvalue weighted by molar-refractivity contribution is -0.131. The van der Waals surface area contributed by atoms with Crippen LogP contribution < -0.4 is 4.74 Å². The summed E-state index contributed by atoms with van der Waals surface area (Å²) in [5.74, 6) is 0.795. The molecule has 1 unspecified atom stereocenters.